The van der Waals surface area contributed by atoms with Crippen LogP contribution in [0.5, 0.6) is 0 Å². The van der Waals surface area contributed by atoms with Crippen LogP contribution >= 0.6 is 0 Å². The van der Waals surface area contributed by atoms with Crippen molar-refractivity contribution in [1.82, 2.24) is 9.36 Å². The molecule has 90 valence electrons. The van der Waals surface area contributed by atoms with Gasteiger partial charge in [0.05, 0.1) is 5.69 Å². The molecule has 4 nitrogen and oxygen atoms in total. The highest BCUT2D eigenvalue weighted by atomic mass is 16.1. The lowest BCUT2D eigenvalue weighted by Crippen LogP contribution is -2.20. The number of aromatic nitrogens is 2. The summed E-state index contributed by atoms with van der Waals surface area (Å²) in [6.45, 7) is 2.86. The number of rotatable bonds is 3. The van der Waals surface area contributed by atoms with Crippen LogP contribution in [0, 0.1) is 0 Å². The van der Waals surface area contributed by atoms with Crippen LogP contribution in [0.25, 0.3) is 11.3 Å². The molecule has 0 radical (unpaired) electrons. The topological polar surface area (TPSA) is 52.9 Å². The van der Waals surface area contributed by atoms with E-state index in [1.54, 1.807) is 11.7 Å². The predicted molar refractivity (Wildman–Crippen MR) is 69.8 cm³/mol. The minimum Gasteiger partial charge on any atom is -0.392 e. The van der Waals surface area contributed by atoms with Crippen molar-refractivity contribution < 1.29 is 0 Å². The molecule has 0 atom stereocenters. The highest BCUT2D eigenvalue weighted by Gasteiger charge is 2.15. The van der Waals surface area contributed by atoms with Crippen LogP contribution in [-0.4, -0.2) is 9.36 Å². The van der Waals surface area contributed by atoms with E-state index in [1.807, 2.05) is 35.0 Å². The van der Waals surface area contributed by atoms with Crippen LogP contribution in [0.2, 0.25) is 0 Å². The van der Waals surface area contributed by atoms with Gasteiger partial charge in [0, 0.05) is 19.2 Å². The van der Waals surface area contributed by atoms with Crippen molar-refractivity contribution in [2.75, 3.05) is 5.73 Å². The van der Waals surface area contributed by atoms with E-state index in [9.17, 15) is 4.79 Å². The number of benzene rings is 1. The monoisotopic (exact) mass is 231 g/mol. The van der Waals surface area contributed by atoms with Crippen molar-refractivity contribution in [3.8, 4) is 11.3 Å². The van der Waals surface area contributed by atoms with E-state index in [1.165, 1.54) is 0 Å². The second-order valence-corrected chi connectivity index (χ2v) is 4.08. The van der Waals surface area contributed by atoms with E-state index in [0.29, 0.717) is 5.69 Å². The third-order valence-electron chi connectivity index (χ3n) is 2.88. The van der Waals surface area contributed by atoms with Gasteiger partial charge in [-0.15, -0.1) is 0 Å². The standard InChI is InChI=1S/C13H17N3O/c1-3-9-16-12(10-7-5-4-6-8-10)11(14)13(17)15(16)2/h4-8H,3,9,14H2,1-2H3. The zero-order valence-electron chi connectivity index (χ0n) is 10.2. The molecule has 0 spiro atoms. The van der Waals surface area contributed by atoms with E-state index in [4.69, 9.17) is 5.73 Å². The van der Waals surface area contributed by atoms with Gasteiger partial charge >= 0.3 is 0 Å². The molecule has 17 heavy (non-hydrogen) atoms. The average molecular weight is 231 g/mol. The molecule has 1 aromatic heterocycles. The van der Waals surface area contributed by atoms with Crippen molar-refractivity contribution in [2.24, 2.45) is 7.05 Å². The number of nitrogens with two attached hydrogens (primary N) is 1. The smallest absolute Gasteiger partial charge is 0.290 e. The molecule has 1 heterocycles. The van der Waals surface area contributed by atoms with E-state index >= 15 is 0 Å². The molecule has 0 amide bonds. The van der Waals surface area contributed by atoms with Crippen molar-refractivity contribution in [3.63, 3.8) is 0 Å². The zero-order valence-corrected chi connectivity index (χ0v) is 10.2. The molecule has 2 rings (SSSR count). The van der Waals surface area contributed by atoms with Gasteiger partial charge in [-0.05, 0) is 6.42 Å². The summed E-state index contributed by atoms with van der Waals surface area (Å²) < 4.78 is 3.52. The normalized spacial score (nSPS) is 10.7. The summed E-state index contributed by atoms with van der Waals surface area (Å²) in [4.78, 5) is 11.9. The van der Waals surface area contributed by atoms with Gasteiger partial charge in [-0.25, -0.2) is 0 Å². The van der Waals surface area contributed by atoms with Crippen molar-refractivity contribution in [3.05, 3.63) is 40.7 Å². The Kier molecular flexibility index (Phi) is 3.04. The van der Waals surface area contributed by atoms with Gasteiger partial charge in [-0.2, -0.15) is 0 Å². The maximum absolute atomic E-state index is 11.9. The Bertz CT molecular complexity index is 566. The fourth-order valence-corrected chi connectivity index (χ4v) is 2.05. The van der Waals surface area contributed by atoms with Crippen molar-refractivity contribution >= 4 is 5.69 Å². The lowest BCUT2D eigenvalue weighted by molar-refractivity contribution is 0.499. The highest BCUT2D eigenvalue weighted by Crippen LogP contribution is 2.23. The molecule has 0 aliphatic rings. The summed E-state index contributed by atoms with van der Waals surface area (Å²) in [7, 11) is 1.75. The van der Waals surface area contributed by atoms with Gasteiger partial charge in [0.1, 0.15) is 5.69 Å². The Hall–Kier alpha value is -1.97. The maximum Gasteiger partial charge on any atom is 0.290 e. The lowest BCUT2D eigenvalue weighted by Gasteiger charge is -2.11. The Morgan fingerprint density at radius 2 is 1.88 bits per heavy atom. The third-order valence-corrected chi connectivity index (χ3v) is 2.88. The summed E-state index contributed by atoms with van der Waals surface area (Å²) in [5, 5.41) is 0. The molecular formula is C13H17N3O. The van der Waals surface area contributed by atoms with E-state index in [-0.39, 0.29) is 5.56 Å². The number of hydrogen-bond donors (Lipinski definition) is 1. The molecule has 2 N–H and O–H groups in total. The molecule has 0 saturated heterocycles. The van der Waals surface area contributed by atoms with Gasteiger partial charge in [-0.3, -0.25) is 14.2 Å². The predicted octanol–water partition coefficient (Wildman–Crippen LogP) is 1.85. The molecule has 0 aliphatic heterocycles. The molecule has 0 aliphatic carbocycles. The van der Waals surface area contributed by atoms with Gasteiger partial charge in [0.25, 0.3) is 5.56 Å². The molecule has 0 unspecified atom stereocenters. The average Bonchev–Trinajstić information content (AvgIpc) is 2.56. The minimum atomic E-state index is -0.127. The first-order valence-electron chi connectivity index (χ1n) is 5.77. The first kappa shape index (κ1) is 11.5. The first-order valence-corrected chi connectivity index (χ1v) is 5.77. The van der Waals surface area contributed by atoms with Gasteiger partial charge < -0.3 is 5.73 Å². The summed E-state index contributed by atoms with van der Waals surface area (Å²) in [6.07, 6.45) is 0.960. The zero-order chi connectivity index (χ0) is 12.4. The van der Waals surface area contributed by atoms with Crippen LogP contribution in [0.4, 0.5) is 5.69 Å². The molecule has 0 saturated carbocycles. The molecule has 2 aromatic rings. The largest absolute Gasteiger partial charge is 0.392 e. The molecule has 0 bridgehead atoms. The Morgan fingerprint density at radius 1 is 1.24 bits per heavy atom. The Balaban J connectivity index is 2.68. The summed E-state index contributed by atoms with van der Waals surface area (Å²) in [6, 6.07) is 9.78. The minimum absolute atomic E-state index is 0.127. The molecule has 1 aromatic carbocycles. The number of nitrogens with zero attached hydrogens (tertiary/aromatic N) is 2. The van der Waals surface area contributed by atoms with Gasteiger partial charge in [0.15, 0.2) is 0 Å². The number of hydrogen-bond acceptors (Lipinski definition) is 2. The maximum atomic E-state index is 11.9. The van der Waals surface area contributed by atoms with Crippen LogP contribution in [0.3, 0.4) is 0 Å². The number of nitrogen functional groups attached to an aromatic ring is 1. The van der Waals surface area contributed by atoms with Crippen LogP contribution in [0.15, 0.2) is 35.1 Å². The second-order valence-electron chi connectivity index (χ2n) is 4.08. The molecule has 4 heteroatoms. The van der Waals surface area contributed by atoms with Crippen molar-refractivity contribution in [1.29, 1.82) is 0 Å². The first-order chi connectivity index (χ1) is 8.16. The van der Waals surface area contributed by atoms with E-state index in [2.05, 4.69) is 6.92 Å². The summed E-state index contributed by atoms with van der Waals surface area (Å²) in [5.74, 6) is 0. The van der Waals surface area contributed by atoms with Gasteiger partial charge in [0.2, 0.25) is 0 Å². The molecular weight excluding hydrogens is 214 g/mol. The quantitative estimate of drug-likeness (QED) is 0.876. The number of anilines is 1. The molecule has 0 fully saturated rings. The fraction of sp³-hybridized carbons (Fsp3) is 0.308. The summed E-state index contributed by atoms with van der Waals surface area (Å²) >= 11 is 0. The van der Waals surface area contributed by atoms with E-state index < -0.39 is 0 Å². The van der Waals surface area contributed by atoms with Crippen molar-refractivity contribution in [2.45, 2.75) is 19.9 Å². The Labute approximate surface area is 100 Å². The highest BCUT2D eigenvalue weighted by molar-refractivity contribution is 5.72. The lowest BCUT2D eigenvalue weighted by atomic mass is 10.1. The Morgan fingerprint density at radius 3 is 2.47 bits per heavy atom. The van der Waals surface area contributed by atoms with E-state index in [0.717, 1.165) is 24.2 Å². The second kappa shape index (κ2) is 4.49. The van der Waals surface area contributed by atoms with Crippen LogP contribution < -0.4 is 11.3 Å². The van der Waals surface area contributed by atoms with Crippen LogP contribution in [0.1, 0.15) is 13.3 Å². The fourth-order valence-electron chi connectivity index (χ4n) is 2.05. The van der Waals surface area contributed by atoms with Crippen LogP contribution in [-0.2, 0) is 13.6 Å². The summed E-state index contributed by atoms with van der Waals surface area (Å²) in [5.41, 5.74) is 7.91. The SMILES string of the molecule is CCCn1c(-c2ccccc2)c(N)c(=O)n1C. The third kappa shape index (κ3) is 1.86. The van der Waals surface area contributed by atoms with Gasteiger partial charge in [-0.1, -0.05) is 37.3 Å².